The molecule has 1 aliphatic heterocycles. The zero-order chi connectivity index (χ0) is 16.9. The highest BCUT2D eigenvalue weighted by atomic mass is 16.5. The summed E-state index contributed by atoms with van der Waals surface area (Å²) in [6.45, 7) is 0.285. The minimum atomic E-state index is -0.523. The molecular weight excluding hydrogens is 308 g/mol. The molecular formula is C17H20N4O3. The minimum absolute atomic E-state index is 0.0728. The van der Waals surface area contributed by atoms with Crippen molar-refractivity contribution in [1.29, 1.82) is 0 Å². The molecule has 0 unspecified atom stereocenters. The van der Waals surface area contributed by atoms with Crippen LogP contribution in [0.4, 0.5) is 5.69 Å². The molecule has 126 valence electrons. The molecule has 2 amide bonds. The highest BCUT2D eigenvalue weighted by Gasteiger charge is 2.29. The van der Waals surface area contributed by atoms with Crippen LogP contribution in [0.25, 0.3) is 10.9 Å². The zero-order valence-corrected chi connectivity index (χ0v) is 13.2. The van der Waals surface area contributed by atoms with Crippen LogP contribution in [0.1, 0.15) is 12.8 Å². The lowest BCUT2D eigenvalue weighted by Crippen LogP contribution is -2.39. The number of carbonyl (C=O) groups excluding carboxylic acids is 2. The molecule has 1 aromatic heterocycles. The summed E-state index contributed by atoms with van der Waals surface area (Å²) in [5.41, 5.74) is 6.85. The SMILES string of the molecule is NC[C@H]1CC[C@@H](C(=O)NCC(=O)Nc2cccc3cccnc23)O1. The van der Waals surface area contributed by atoms with Crippen LogP contribution < -0.4 is 16.4 Å². The fourth-order valence-electron chi connectivity index (χ4n) is 2.75. The predicted molar refractivity (Wildman–Crippen MR) is 90.3 cm³/mol. The van der Waals surface area contributed by atoms with Gasteiger partial charge in [-0.25, -0.2) is 0 Å². The van der Waals surface area contributed by atoms with Gasteiger partial charge in [0.05, 0.1) is 23.9 Å². The van der Waals surface area contributed by atoms with Gasteiger partial charge in [-0.2, -0.15) is 0 Å². The maximum atomic E-state index is 12.1. The molecule has 1 aromatic carbocycles. The lowest BCUT2D eigenvalue weighted by molar-refractivity contribution is -0.133. The van der Waals surface area contributed by atoms with Crippen LogP contribution in [0.2, 0.25) is 0 Å². The number of fused-ring (bicyclic) bond motifs is 1. The second-order valence-electron chi connectivity index (χ2n) is 5.71. The number of para-hydroxylation sites is 1. The average molecular weight is 328 g/mol. The highest BCUT2D eigenvalue weighted by molar-refractivity contribution is 6.01. The Balaban J connectivity index is 1.55. The fourth-order valence-corrected chi connectivity index (χ4v) is 2.75. The third kappa shape index (κ3) is 3.69. The molecule has 0 aliphatic carbocycles. The molecule has 7 nitrogen and oxygen atoms in total. The number of carbonyl (C=O) groups is 2. The van der Waals surface area contributed by atoms with E-state index in [-0.39, 0.29) is 24.5 Å². The van der Waals surface area contributed by atoms with Crippen molar-refractivity contribution in [2.75, 3.05) is 18.4 Å². The minimum Gasteiger partial charge on any atom is -0.364 e. The standard InChI is InChI=1S/C17H20N4O3/c18-9-12-6-7-14(24-12)17(23)20-10-15(22)21-13-5-1-3-11-4-2-8-19-16(11)13/h1-5,8,12,14H,6-7,9-10,18H2,(H,20,23)(H,21,22)/t12-,14+/m1/s1. The van der Waals surface area contributed by atoms with E-state index in [2.05, 4.69) is 15.6 Å². The van der Waals surface area contributed by atoms with Gasteiger partial charge in [-0.3, -0.25) is 14.6 Å². The van der Waals surface area contributed by atoms with Crippen molar-refractivity contribution in [3.8, 4) is 0 Å². The third-order valence-electron chi connectivity index (χ3n) is 3.99. The van der Waals surface area contributed by atoms with E-state index < -0.39 is 6.10 Å². The fraction of sp³-hybridized carbons (Fsp3) is 0.353. The first kappa shape index (κ1) is 16.4. The number of nitrogens with one attached hydrogen (secondary N) is 2. The Morgan fingerprint density at radius 2 is 2.08 bits per heavy atom. The molecule has 0 bridgehead atoms. The van der Waals surface area contributed by atoms with Crippen LogP contribution in [-0.4, -0.2) is 42.1 Å². The van der Waals surface area contributed by atoms with Crippen molar-refractivity contribution in [2.45, 2.75) is 25.0 Å². The van der Waals surface area contributed by atoms with Crippen LogP contribution in [0.15, 0.2) is 36.5 Å². The van der Waals surface area contributed by atoms with Crippen molar-refractivity contribution >= 4 is 28.4 Å². The smallest absolute Gasteiger partial charge is 0.249 e. The second kappa shape index (κ2) is 7.37. The molecule has 1 fully saturated rings. The molecule has 1 aliphatic rings. The van der Waals surface area contributed by atoms with Crippen molar-refractivity contribution < 1.29 is 14.3 Å². The van der Waals surface area contributed by atoms with E-state index in [4.69, 9.17) is 10.5 Å². The summed E-state index contributed by atoms with van der Waals surface area (Å²) < 4.78 is 5.50. The summed E-state index contributed by atoms with van der Waals surface area (Å²) in [4.78, 5) is 28.4. The van der Waals surface area contributed by atoms with Crippen molar-refractivity contribution in [1.82, 2.24) is 10.3 Å². The molecule has 2 aromatic rings. The first-order valence-corrected chi connectivity index (χ1v) is 7.94. The van der Waals surface area contributed by atoms with Gasteiger partial charge in [0.2, 0.25) is 11.8 Å². The van der Waals surface area contributed by atoms with E-state index in [1.807, 2.05) is 24.3 Å². The van der Waals surface area contributed by atoms with Crippen LogP contribution in [0, 0.1) is 0 Å². The Bertz CT molecular complexity index is 744. The third-order valence-corrected chi connectivity index (χ3v) is 3.99. The lowest BCUT2D eigenvalue weighted by atomic mass is 10.2. The van der Waals surface area contributed by atoms with Crippen LogP contribution in [0.5, 0.6) is 0 Å². The molecule has 0 spiro atoms. The average Bonchev–Trinajstić information content (AvgIpc) is 3.09. The molecule has 2 heterocycles. The normalized spacial score (nSPS) is 20.0. The van der Waals surface area contributed by atoms with E-state index >= 15 is 0 Å². The van der Waals surface area contributed by atoms with Gasteiger partial charge in [-0.15, -0.1) is 0 Å². The van der Waals surface area contributed by atoms with E-state index in [0.29, 0.717) is 24.2 Å². The van der Waals surface area contributed by atoms with Gasteiger partial charge in [0.15, 0.2) is 0 Å². The van der Waals surface area contributed by atoms with E-state index in [0.717, 1.165) is 11.8 Å². The first-order chi connectivity index (χ1) is 11.7. The van der Waals surface area contributed by atoms with Gasteiger partial charge in [0.25, 0.3) is 0 Å². The summed E-state index contributed by atoms with van der Waals surface area (Å²) in [6.07, 6.45) is 2.47. The maximum absolute atomic E-state index is 12.1. The highest BCUT2D eigenvalue weighted by Crippen LogP contribution is 2.20. The number of aromatic nitrogens is 1. The number of amides is 2. The van der Waals surface area contributed by atoms with Gasteiger partial charge >= 0.3 is 0 Å². The lowest BCUT2D eigenvalue weighted by Gasteiger charge is -2.13. The van der Waals surface area contributed by atoms with Gasteiger partial charge in [-0.1, -0.05) is 18.2 Å². The van der Waals surface area contributed by atoms with E-state index in [9.17, 15) is 9.59 Å². The van der Waals surface area contributed by atoms with Crippen molar-refractivity contribution in [3.63, 3.8) is 0 Å². The van der Waals surface area contributed by atoms with E-state index in [1.54, 1.807) is 12.3 Å². The second-order valence-corrected chi connectivity index (χ2v) is 5.71. The van der Waals surface area contributed by atoms with E-state index in [1.165, 1.54) is 0 Å². The van der Waals surface area contributed by atoms with Crippen LogP contribution >= 0.6 is 0 Å². The van der Waals surface area contributed by atoms with Crippen LogP contribution in [-0.2, 0) is 14.3 Å². The molecule has 2 atom stereocenters. The number of benzene rings is 1. The maximum Gasteiger partial charge on any atom is 0.249 e. The number of nitrogens with two attached hydrogens (primary N) is 1. The number of ether oxygens (including phenoxy) is 1. The predicted octanol–water partition coefficient (Wildman–Crippen LogP) is 0.796. The summed E-state index contributed by atoms with van der Waals surface area (Å²) in [5, 5.41) is 6.31. The Labute approximate surface area is 139 Å². The van der Waals surface area contributed by atoms with Gasteiger partial charge in [0.1, 0.15) is 6.10 Å². The number of pyridine rings is 1. The molecule has 7 heteroatoms. The number of anilines is 1. The summed E-state index contributed by atoms with van der Waals surface area (Å²) in [5.74, 6) is -0.591. The molecule has 1 saturated heterocycles. The Hall–Kier alpha value is -2.51. The van der Waals surface area contributed by atoms with Crippen molar-refractivity contribution in [3.05, 3.63) is 36.5 Å². The topological polar surface area (TPSA) is 106 Å². The molecule has 24 heavy (non-hydrogen) atoms. The number of rotatable bonds is 5. The first-order valence-electron chi connectivity index (χ1n) is 7.94. The van der Waals surface area contributed by atoms with Gasteiger partial charge in [0, 0.05) is 18.1 Å². The van der Waals surface area contributed by atoms with Gasteiger partial charge in [-0.05, 0) is 25.0 Å². The molecule has 0 radical (unpaired) electrons. The Kier molecular flexibility index (Phi) is 5.02. The quantitative estimate of drug-likeness (QED) is 0.752. The van der Waals surface area contributed by atoms with Crippen molar-refractivity contribution in [2.24, 2.45) is 5.73 Å². The Morgan fingerprint density at radius 3 is 2.88 bits per heavy atom. The number of hydrogen-bond acceptors (Lipinski definition) is 5. The van der Waals surface area contributed by atoms with Crippen LogP contribution in [0.3, 0.4) is 0 Å². The Morgan fingerprint density at radius 1 is 1.25 bits per heavy atom. The zero-order valence-electron chi connectivity index (χ0n) is 13.2. The van der Waals surface area contributed by atoms with Gasteiger partial charge < -0.3 is 21.1 Å². The summed E-state index contributed by atoms with van der Waals surface area (Å²) in [6, 6.07) is 9.30. The number of hydrogen-bond donors (Lipinski definition) is 3. The molecule has 0 saturated carbocycles. The number of nitrogens with zero attached hydrogens (tertiary/aromatic N) is 1. The monoisotopic (exact) mass is 328 g/mol. The summed E-state index contributed by atoms with van der Waals surface area (Å²) in [7, 11) is 0. The largest absolute Gasteiger partial charge is 0.364 e. The molecule has 4 N–H and O–H groups in total. The molecule has 3 rings (SSSR count). The summed E-state index contributed by atoms with van der Waals surface area (Å²) >= 11 is 0.